The number of unbranched alkanes of at least 4 members (excludes halogenated alkanes) is 3. The molecule has 3 nitrogen and oxygen atoms in total. The number of nitriles is 1. The van der Waals surface area contributed by atoms with Gasteiger partial charge >= 0.3 is 5.97 Å². The van der Waals surface area contributed by atoms with E-state index < -0.39 is 0 Å². The largest absolute Gasteiger partial charge is 0.462 e. The highest BCUT2D eigenvalue weighted by molar-refractivity contribution is 5.73. The van der Waals surface area contributed by atoms with Crippen molar-refractivity contribution in [1.82, 2.24) is 0 Å². The van der Waals surface area contributed by atoms with Crippen LogP contribution in [0.15, 0.2) is 30.3 Å². The van der Waals surface area contributed by atoms with Gasteiger partial charge in [0.2, 0.25) is 0 Å². The highest BCUT2D eigenvalue weighted by Gasteiger charge is 2.25. The Morgan fingerprint density at radius 1 is 1.12 bits per heavy atom. The number of carbonyl (C=O) groups excluding carboxylic acids is 1. The van der Waals surface area contributed by atoms with Crippen LogP contribution in [0.25, 0.3) is 0 Å². The lowest BCUT2D eigenvalue weighted by molar-refractivity contribution is -0.154. The zero-order valence-electron chi connectivity index (χ0n) is 16.2. The van der Waals surface area contributed by atoms with Crippen molar-refractivity contribution in [2.75, 3.05) is 0 Å². The van der Waals surface area contributed by atoms with Crippen LogP contribution in [-0.2, 0) is 16.0 Å². The Balaban J connectivity index is 1.78. The van der Waals surface area contributed by atoms with Crippen molar-refractivity contribution in [2.45, 2.75) is 83.7 Å². The molecule has 0 aliphatic heterocycles. The second-order valence-electron chi connectivity index (χ2n) is 7.75. The molecule has 26 heavy (non-hydrogen) atoms. The Bertz CT molecular complexity index is 557. The lowest BCUT2D eigenvalue weighted by Gasteiger charge is -2.19. The van der Waals surface area contributed by atoms with E-state index in [1.54, 1.807) is 0 Å². The Labute approximate surface area is 158 Å². The maximum Gasteiger partial charge on any atom is 0.309 e. The Hall–Kier alpha value is -1.82. The predicted molar refractivity (Wildman–Crippen MR) is 104 cm³/mol. The minimum atomic E-state index is -0.0315. The van der Waals surface area contributed by atoms with E-state index in [1.165, 1.54) is 18.4 Å². The standard InChI is InChI=1S/C23H33NO2/c1-19(18-24)11-5-2-3-8-14-21(17-20-12-6-4-7-13-20)23(25)26-22-15-9-10-16-22/h4,6-7,12-13,19,21-22H,2-3,5,8-11,14-17H2,1H3. The van der Waals surface area contributed by atoms with Gasteiger partial charge in [-0.15, -0.1) is 0 Å². The van der Waals surface area contributed by atoms with Gasteiger partial charge in [-0.1, -0.05) is 56.0 Å². The monoisotopic (exact) mass is 355 g/mol. The number of benzene rings is 1. The number of hydrogen-bond donors (Lipinski definition) is 0. The first-order valence-electron chi connectivity index (χ1n) is 10.3. The maximum absolute atomic E-state index is 12.7. The highest BCUT2D eigenvalue weighted by Crippen LogP contribution is 2.25. The van der Waals surface area contributed by atoms with Crippen LogP contribution in [0.4, 0.5) is 0 Å². The molecule has 0 aromatic heterocycles. The third-order valence-electron chi connectivity index (χ3n) is 5.40. The Morgan fingerprint density at radius 3 is 2.42 bits per heavy atom. The fraction of sp³-hybridized carbons (Fsp3) is 0.652. The van der Waals surface area contributed by atoms with E-state index in [4.69, 9.17) is 10.00 Å². The van der Waals surface area contributed by atoms with E-state index in [9.17, 15) is 4.79 Å². The third-order valence-corrected chi connectivity index (χ3v) is 5.40. The molecule has 0 amide bonds. The number of rotatable bonds is 11. The highest BCUT2D eigenvalue weighted by atomic mass is 16.5. The molecule has 1 fully saturated rings. The second-order valence-corrected chi connectivity index (χ2v) is 7.75. The van der Waals surface area contributed by atoms with Crippen molar-refractivity contribution < 1.29 is 9.53 Å². The van der Waals surface area contributed by atoms with Crippen molar-refractivity contribution in [3.63, 3.8) is 0 Å². The van der Waals surface area contributed by atoms with Crippen LogP contribution in [0.2, 0.25) is 0 Å². The van der Waals surface area contributed by atoms with Crippen molar-refractivity contribution in [1.29, 1.82) is 5.26 Å². The Morgan fingerprint density at radius 2 is 1.77 bits per heavy atom. The molecule has 0 saturated heterocycles. The molecule has 3 heteroatoms. The second kappa shape index (κ2) is 11.7. The molecule has 1 aliphatic carbocycles. The summed E-state index contributed by atoms with van der Waals surface area (Å²) < 4.78 is 5.79. The minimum absolute atomic E-state index is 0.00106. The molecule has 0 bridgehead atoms. The minimum Gasteiger partial charge on any atom is -0.462 e. The van der Waals surface area contributed by atoms with Crippen molar-refractivity contribution in [3.05, 3.63) is 35.9 Å². The van der Waals surface area contributed by atoms with Gasteiger partial charge in [-0.05, 0) is 57.4 Å². The fourth-order valence-corrected chi connectivity index (χ4v) is 3.73. The average Bonchev–Trinajstić information content (AvgIpc) is 3.17. The summed E-state index contributed by atoms with van der Waals surface area (Å²) in [6.45, 7) is 1.98. The van der Waals surface area contributed by atoms with E-state index in [0.29, 0.717) is 0 Å². The van der Waals surface area contributed by atoms with E-state index >= 15 is 0 Å². The molecule has 0 heterocycles. The van der Waals surface area contributed by atoms with Crippen LogP contribution in [0.5, 0.6) is 0 Å². The first kappa shape index (κ1) is 20.5. The quantitative estimate of drug-likeness (QED) is 0.370. The smallest absolute Gasteiger partial charge is 0.309 e. The van der Waals surface area contributed by atoms with E-state index in [0.717, 1.165) is 57.8 Å². The summed E-state index contributed by atoms with van der Waals surface area (Å²) in [5.74, 6) is 0.122. The predicted octanol–water partition coefficient (Wildman–Crippen LogP) is 5.83. The van der Waals surface area contributed by atoms with Crippen molar-refractivity contribution >= 4 is 5.97 Å². The van der Waals surface area contributed by atoms with E-state index in [1.807, 2.05) is 25.1 Å². The maximum atomic E-state index is 12.7. The van der Waals surface area contributed by atoms with Crippen LogP contribution >= 0.6 is 0 Å². The summed E-state index contributed by atoms with van der Waals surface area (Å²) in [5.41, 5.74) is 1.21. The fourth-order valence-electron chi connectivity index (χ4n) is 3.73. The lowest BCUT2D eigenvalue weighted by atomic mass is 9.93. The molecular formula is C23H33NO2. The molecule has 142 valence electrons. The summed E-state index contributed by atoms with van der Waals surface area (Å²) >= 11 is 0. The number of carbonyl (C=O) groups is 1. The van der Waals surface area contributed by atoms with Crippen LogP contribution < -0.4 is 0 Å². The topological polar surface area (TPSA) is 50.1 Å². The van der Waals surface area contributed by atoms with Gasteiger partial charge in [0.1, 0.15) is 6.10 Å². The van der Waals surface area contributed by atoms with Gasteiger partial charge < -0.3 is 4.74 Å². The summed E-state index contributed by atoms with van der Waals surface area (Å²) in [5, 5.41) is 8.83. The molecule has 0 N–H and O–H groups in total. The first-order chi connectivity index (χ1) is 12.7. The van der Waals surface area contributed by atoms with E-state index in [2.05, 4.69) is 18.2 Å². The van der Waals surface area contributed by atoms with Crippen LogP contribution in [0.3, 0.4) is 0 Å². The summed E-state index contributed by atoms with van der Waals surface area (Å²) in [6, 6.07) is 12.6. The van der Waals surface area contributed by atoms with Gasteiger partial charge in [0.25, 0.3) is 0 Å². The first-order valence-corrected chi connectivity index (χ1v) is 10.3. The zero-order valence-corrected chi connectivity index (χ0v) is 16.2. The number of ether oxygens (including phenoxy) is 1. The average molecular weight is 356 g/mol. The normalized spacial score (nSPS) is 16.8. The van der Waals surface area contributed by atoms with Gasteiger partial charge in [-0.2, -0.15) is 5.26 Å². The summed E-state index contributed by atoms with van der Waals surface area (Å²) in [7, 11) is 0. The third kappa shape index (κ3) is 7.60. The van der Waals surface area contributed by atoms with Crippen molar-refractivity contribution in [3.8, 4) is 6.07 Å². The molecule has 1 aliphatic rings. The molecule has 1 aromatic carbocycles. The van der Waals surface area contributed by atoms with Crippen molar-refractivity contribution in [2.24, 2.45) is 11.8 Å². The summed E-state index contributed by atoms with van der Waals surface area (Å²) in [6.07, 6.45) is 11.6. The molecule has 0 spiro atoms. The number of hydrogen-bond acceptors (Lipinski definition) is 3. The molecule has 2 atom stereocenters. The van der Waals surface area contributed by atoms with Gasteiger partial charge in [-0.3, -0.25) is 4.79 Å². The summed E-state index contributed by atoms with van der Waals surface area (Å²) in [4.78, 5) is 12.7. The molecule has 1 saturated carbocycles. The molecule has 1 aromatic rings. The van der Waals surface area contributed by atoms with Gasteiger partial charge in [-0.25, -0.2) is 0 Å². The number of nitrogens with zero attached hydrogens (tertiary/aromatic N) is 1. The Kier molecular flexibility index (Phi) is 9.24. The number of esters is 1. The molecule has 2 unspecified atom stereocenters. The van der Waals surface area contributed by atoms with E-state index in [-0.39, 0.29) is 23.9 Å². The molecular weight excluding hydrogens is 322 g/mol. The van der Waals surface area contributed by atoms with Crippen LogP contribution in [0.1, 0.15) is 76.7 Å². The zero-order chi connectivity index (χ0) is 18.6. The van der Waals surface area contributed by atoms with Crippen LogP contribution in [0, 0.1) is 23.2 Å². The van der Waals surface area contributed by atoms with Crippen LogP contribution in [-0.4, -0.2) is 12.1 Å². The van der Waals surface area contributed by atoms with Gasteiger partial charge in [0.15, 0.2) is 0 Å². The molecule has 0 radical (unpaired) electrons. The lowest BCUT2D eigenvalue weighted by Crippen LogP contribution is -2.24. The SMILES string of the molecule is CC(C#N)CCCCCCC(Cc1ccccc1)C(=O)OC1CCCC1. The molecule has 2 rings (SSSR count). The van der Waals surface area contributed by atoms with Gasteiger partial charge in [0.05, 0.1) is 12.0 Å². The van der Waals surface area contributed by atoms with Gasteiger partial charge in [0, 0.05) is 5.92 Å².